The lowest BCUT2D eigenvalue weighted by atomic mass is 10.0. The van der Waals surface area contributed by atoms with Gasteiger partial charge in [-0.3, -0.25) is 9.59 Å². The summed E-state index contributed by atoms with van der Waals surface area (Å²) < 4.78 is 1.37. The first kappa shape index (κ1) is 14.2. The summed E-state index contributed by atoms with van der Waals surface area (Å²) in [6.07, 6.45) is 1.39. The molecule has 4 nitrogen and oxygen atoms in total. The maximum absolute atomic E-state index is 12.0. The molecule has 2 rings (SSSR count). The molecule has 0 unspecified atom stereocenters. The minimum Gasteiger partial charge on any atom is -0.298 e. The summed E-state index contributed by atoms with van der Waals surface area (Å²) in [5.41, 5.74) is 3.76. The molecule has 104 valence electrons. The Labute approximate surface area is 118 Å². The Morgan fingerprint density at radius 1 is 1.20 bits per heavy atom. The van der Waals surface area contributed by atoms with Crippen molar-refractivity contribution in [2.45, 2.75) is 33.7 Å². The summed E-state index contributed by atoms with van der Waals surface area (Å²) in [5.74, 6) is 0. The van der Waals surface area contributed by atoms with E-state index in [1.165, 1.54) is 10.2 Å². The van der Waals surface area contributed by atoms with Gasteiger partial charge in [0, 0.05) is 12.1 Å². The number of aryl methyl sites for hydroxylation is 3. The number of aldehydes is 1. The van der Waals surface area contributed by atoms with E-state index >= 15 is 0 Å². The molecule has 4 heteroatoms. The van der Waals surface area contributed by atoms with Gasteiger partial charge in [-0.05, 0) is 43.5 Å². The van der Waals surface area contributed by atoms with Crippen molar-refractivity contribution < 1.29 is 4.79 Å². The molecule has 0 aliphatic carbocycles. The number of hydrogen-bond acceptors (Lipinski definition) is 3. The molecule has 0 spiro atoms. The van der Waals surface area contributed by atoms with Crippen molar-refractivity contribution in [3.8, 4) is 11.3 Å². The molecular formula is C16H18N2O2. The minimum absolute atomic E-state index is 0.154. The smallest absolute Gasteiger partial charge is 0.277 e. The quantitative estimate of drug-likeness (QED) is 0.803. The summed E-state index contributed by atoms with van der Waals surface area (Å²) in [5, 5.41) is 4.36. The van der Waals surface area contributed by atoms with Crippen LogP contribution in [0, 0.1) is 13.8 Å². The number of rotatable bonds is 4. The fourth-order valence-corrected chi connectivity index (χ4v) is 2.05. The highest BCUT2D eigenvalue weighted by Gasteiger charge is 2.09. The van der Waals surface area contributed by atoms with Gasteiger partial charge in [0.05, 0.1) is 11.3 Å². The van der Waals surface area contributed by atoms with Crippen LogP contribution in [0.25, 0.3) is 11.3 Å². The van der Waals surface area contributed by atoms with Crippen LogP contribution in [-0.4, -0.2) is 16.1 Å². The van der Waals surface area contributed by atoms with E-state index < -0.39 is 0 Å². The number of hydrogen-bond donors (Lipinski definition) is 0. The average Bonchev–Trinajstić information content (AvgIpc) is 2.44. The van der Waals surface area contributed by atoms with E-state index in [-0.39, 0.29) is 11.1 Å². The van der Waals surface area contributed by atoms with Crippen molar-refractivity contribution >= 4 is 6.29 Å². The van der Waals surface area contributed by atoms with Crippen LogP contribution < -0.4 is 5.56 Å². The van der Waals surface area contributed by atoms with E-state index in [1.54, 1.807) is 6.07 Å². The van der Waals surface area contributed by atoms with Gasteiger partial charge in [0.15, 0.2) is 6.29 Å². The molecule has 0 aliphatic rings. The number of carbonyl (C=O) groups is 1. The van der Waals surface area contributed by atoms with Crippen LogP contribution in [0.3, 0.4) is 0 Å². The molecule has 1 aromatic carbocycles. The second-order valence-electron chi connectivity index (χ2n) is 4.93. The molecule has 2 aromatic rings. The zero-order valence-electron chi connectivity index (χ0n) is 12.0. The van der Waals surface area contributed by atoms with Crippen LogP contribution in [0.4, 0.5) is 0 Å². The van der Waals surface area contributed by atoms with E-state index in [0.717, 1.165) is 17.5 Å². The monoisotopic (exact) mass is 270 g/mol. The van der Waals surface area contributed by atoms with Gasteiger partial charge in [-0.1, -0.05) is 19.1 Å². The lowest BCUT2D eigenvalue weighted by molar-refractivity contribution is 0.112. The fraction of sp³-hybridized carbons (Fsp3) is 0.312. The Balaban J connectivity index is 2.61. The molecule has 0 fully saturated rings. The van der Waals surface area contributed by atoms with Gasteiger partial charge in [-0.25, -0.2) is 4.68 Å². The van der Waals surface area contributed by atoms with Crippen LogP contribution in [-0.2, 0) is 6.54 Å². The Morgan fingerprint density at radius 2 is 1.95 bits per heavy atom. The molecule has 20 heavy (non-hydrogen) atoms. The molecule has 0 aliphatic heterocycles. The summed E-state index contributed by atoms with van der Waals surface area (Å²) >= 11 is 0. The maximum atomic E-state index is 12.0. The van der Waals surface area contributed by atoms with Crippen LogP contribution >= 0.6 is 0 Å². The Bertz CT molecular complexity index is 702. The standard InChI is InChI=1S/C16H18N2O2/c1-4-7-18-16(20)14(10-19)9-15(17-18)13-6-5-11(2)12(3)8-13/h5-6,8-10H,4,7H2,1-3H3. The molecule has 0 radical (unpaired) electrons. The van der Waals surface area contributed by atoms with Crippen molar-refractivity contribution in [1.29, 1.82) is 0 Å². The van der Waals surface area contributed by atoms with Crippen LogP contribution in [0.15, 0.2) is 29.1 Å². The molecule has 0 atom stereocenters. The molecule has 0 N–H and O–H groups in total. The third-order valence-corrected chi connectivity index (χ3v) is 3.37. The lowest BCUT2D eigenvalue weighted by Crippen LogP contribution is -2.26. The lowest BCUT2D eigenvalue weighted by Gasteiger charge is -2.09. The first-order valence-corrected chi connectivity index (χ1v) is 6.71. The third-order valence-electron chi connectivity index (χ3n) is 3.37. The highest BCUT2D eigenvalue weighted by molar-refractivity contribution is 5.77. The van der Waals surface area contributed by atoms with Crippen molar-refractivity contribution in [3.05, 3.63) is 51.3 Å². The summed E-state index contributed by atoms with van der Waals surface area (Å²) in [6.45, 7) is 6.55. The summed E-state index contributed by atoms with van der Waals surface area (Å²) in [7, 11) is 0. The van der Waals surface area contributed by atoms with E-state index in [2.05, 4.69) is 5.10 Å². The van der Waals surface area contributed by atoms with E-state index in [4.69, 9.17) is 0 Å². The molecule has 0 saturated carbocycles. The first-order valence-electron chi connectivity index (χ1n) is 6.71. The van der Waals surface area contributed by atoms with Crippen LogP contribution in [0.5, 0.6) is 0 Å². The van der Waals surface area contributed by atoms with Gasteiger partial charge in [0.25, 0.3) is 5.56 Å². The minimum atomic E-state index is -0.325. The first-order chi connectivity index (χ1) is 9.56. The maximum Gasteiger partial charge on any atom is 0.277 e. The van der Waals surface area contributed by atoms with Gasteiger partial charge in [0.2, 0.25) is 0 Å². The Kier molecular flexibility index (Phi) is 4.13. The zero-order chi connectivity index (χ0) is 14.7. The molecule has 1 heterocycles. The molecule has 0 saturated heterocycles. The fourth-order valence-electron chi connectivity index (χ4n) is 2.05. The zero-order valence-corrected chi connectivity index (χ0v) is 12.0. The Hall–Kier alpha value is -2.23. The average molecular weight is 270 g/mol. The van der Waals surface area contributed by atoms with Gasteiger partial charge >= 0.3 is 0 Å². The van der Waals surface area contributed by atoms with Gasteiger partial charge in [-0.2, -0.15) is 5.10 Å². The second-order valence-corrected chi connectivity index (χ2v) is 4.93. The van der Waals surface area contributed by atoms with E-state index in [0.29, 0.717) is 18.5 Å². The number of carbonyl (C=O) groups excluding carboxylic acids is 1. The number of nitrogens with zero attached hydrogens (tertiary/aromatic N) is 2. The predicted molar refractivity (Wildman–Crippen MR) is 79.1 cm³/mol. The third kappa shape index (κ3) is 2.69. The van der Waals surface area contributed by atoms with Gasteiger partial charge < -0.3 is 0 Å². The van der Waals surface area contributed by atoms with Gasteiger partial charge in [-0.15, -0.1) is 0 Å². The molecule has 0 bridgehead atoms. The second kappa shape index (κ2) is 5.82. The van der Waals surface area contributed by atoms with Crippen LogP contribution in [0.1, 0.15) is 34.8 Å². The largest absolute Gasteiger partial charge is 0.298 e. The summed E-state index contributed by atoms with van der Waals surface area (Å²) in [4.78, 5) is 23.0. The van der Waals surface area contributed by atoms with Crippen molar-refractivity contribution in [2.75, 3.05) is 0 Å². The molecule has 0 amide bonds. The van der Waals surface area contributed by atoms with E-state index in [9.17, 15) is 9.59 Å². The molecule has 1 aromatic heterocycles. The Morgan fingerprint density at radius 3 is 2.55 bits per heavy atom. The van der Waals surface area contributed by atoms with Crippen molar-refractivity contribution in [3.63, 3.8) is 0 Å². The van der Waals surface area contributed by atoms with E-state index in [1.807, 2.05) is 39.0 Å². The molecular weight excluding hydrogens is 252 g/mol. The summed E-state index contributed by atoms with van der Waals surface area (Å²) in [6, 6.07) is 7.56. The van der Waals surface area contributed by atoms with Crippen molar-refractivity contribution in [2.24, 2.45) is 0 Å². The highest BCUT2D eigenvalue weighted by Crippen LogP contribution is 2.20. The number of aromatic nitrogens is 2. The normalized spacial score (nSPS) is 10.6. The van der Waals surface area contributed by atoms with Gasteiger partial charge in [0.1, 0.15) is 0 Å². The SMILES string of the molecule is CCCn1nc(-c2ccc(C)c(C)c2)cc(C=O)c1=O. The highest BCUT2D eigenvalue weighted by atomic mass is 16.1. The topological polar surface area (TPSA) is 52.0 Å². The van der Waals surface area contributed by atoms with Crippen LogP contribution in [0.2, 0.25) is 0 Å². The number of benzene rings is 1. The van der Waals surface area contributed by atoms with Crippen molar-refractivity contribution in [1.82, 2.24) is 9.78 Å². The predicted octanol–water partition coefficient (Wildman–Crippen LogP) is 2.75.